The summed E-state index contributed by atoms with van der Waals surface area (Å²) in [6.45, 7) is 0. The molecule has 0 atom stereocenters. The molecule has 2 N–H and O–H groups in total. The summed E-state index contributed by atoms with van der Waals surface area (Å²) in [4.78, 5) is 8.20. The predicted molar refractivity (Wildman–Crippen MR) is 74.0 cm³/mol. The molecule has 0 aliphatic heterocycles. The topological polar surface area (TPSA) is 73.9 Å². The molecule has 0 fully saturated rings. The van der Waals surface area contributed by atoms with Crippen LogP contribution in [0.2, 0.25) is 0 Å². The molecule has 5 nitrogen and oxygen atoms in total. The van der Waals surface area contributed by atoms with E-state index in [0.717, 1.165) is 11.5 Å². The minimum absolute atomic E-state index is 0.356. The quantitative estimate of drug-likeness (QED) is 0.801. The zero-order valence-electron chi connectivity index (χ0n) is 10.2. The Morgan fingerprint density at radius 2 is 2.00 bits per heavy atom. The maximum Gasteiger partial charge on any atom is 0.200 e. The van der Waals surface area contributed by atoms with Crippen molar-refractivity contribution in [2.75, 3.05) is 5.73 Å². The molecule has 2 heterocycles. The lowest BCUT2D eigenvalue weighted by molar-refractivity contribution is 0.476. The molecule has 100 valence electrons. The third kappa shape index (κ3) is 2.72. The van der Waals surface area contributed by atoms with Gasteiger partial charge in [0.1, 0.15) is 23.0 Å². The summed E-state index contributed by atoms with van der Waals surface area (Å²) in [5.41, 5.74) is 6.09. The minimum Gasteiger partial charge on any atom is -0.457 e. The molecule has 7 heteroatoms. The molecule has 0 radical (unpaired) electrons. The molecule has 0 saturated heterocycles. The predicted octanol–water partition coefficient (Wildman–Crippen LogP) is 3.11. The number of pyridine rings is 1. The minimum atomic E-state index is -0.356. The van der Waals surface area contributed by atoms with Gasteiger partial charge in [0.15, 0.2) is 11.0 Å². The van der Waals surface area contributed by atoms with Gasteiger partial charge >= 0.3 is 0 Å². The highest BCUT2D eigenvalue weighted by atomic mass is 32.1. The van der Waals surface area contributed by atoms with E-state index in [0.29, 0.717) is 28.1 Å². The highest BCUT2D eigenvalue weighted by molar-refractivity contribution is 7.09. The van der Waals surface area contributed by atoms with Crippen molar-refractivity contribution in [2.24, 2.45) is 0 Å². The van der Waals surface area contributed by atoms with Crippen molar-refractivity contribution < 1.29 is 9.13 Å². The van der Waals surface area contributed by atoms with E-state index in [1.54, 1.807) is 30.5 Å². The van der Waals surface area contributed by atoms with E-state index < -0.39 is 0 Å². The second-order valence-electron chi connectivity index (χ2n) is 3.89. The van der Waals surface area contributed by atoms with Crippen LogP contribution in [0.15, 0.2) is 42.6 Å². The Morgan fingerprint density at radius 1 is 1.15 bits per heavy atom. The zero-order valence-corrected chi connectivity index (χ0v) is 11.0. The second-order valence-corrected chi connectivity index (χ2v) is 4.68. The van der Waals surface area contributed by atoms with Crippen LogP contribution >= 0.6 is 11.5 Å². The molecule has 0 amide bonds. The number of nitrogens with two attached hydrogens (primary N) is 1. The third-order valence-corrected chi connectivity index (χ3v) is 2.98. The Morgan fingerprint density at radius 3 is 2.75 bits per heavy atom. The average Bonchev–Trinajstić information content (AvgIpc) is 2.86. The molecule has 2 aromatic heterocycles. The Kier molecular flexibility index (Phi) is 3.26. The Labute approximate surface area is 118 Å². The van der Waals surface area contributed by atoms with Gasteiger partial charge in [-0.3, -0.25) is 4.98 Å². The van der Waals surface area contributed by atoms with Crippen LogP contribution in [0, 0.1) is 5.82 Å². The van der Waals surface area contributed by atoms with Gasteiger partial charge in [0, 0.05) is 29.9 Å². The van der Waals surface area contributed by atoms with Gasteiger partial charge in [-0.25, -0.2) is 4.39 Å². The van der Waals surface area contributed by atoms with E-state index in [9.17, 15) is 4.39 Å². The van der Waals surface area contributed by atoms with Gasteiger partial charge in [0.2, 0.25) is 0 Å². The first-order valence-corrected chi connectivity index (χ1v) is 6.47. The molecule has 0 aliphatic rings. The van der Waals surface area contributed by atoms with Crippen LogP contribution in [0.25, 0.3) is 11.5 Å². The van der Waals surface area contributed by atoms with Crippen LogP contribution in [0.5, 0.6) is 11.5 Å². The molecule has 0 saturated carbocycles. The van der Waals surface area contributed by atoms with Gasteiger partial charge in [-0.05, 0) is 18.2 Å². The number of ether oxygens (including phenoxy) is 1. The lowest BCUT2D eigenvalue weighted by Gasteiger charge is -2.06. The molecule has 0 bridgehead atoms. The van der Waals surface area contributed by atoms with Crippen LogP contribution in [0.4, 0.5) is 9.52 Å². The highest BCUT2D eigenvalue weighted by Crippen LogP contribution is 2.25. The van der Waals surface area contributed by atoms with Gasteiger partial charge in [-0.1, -0.05) is 6.07 Å². The first-order chi connectivity index (χ1) is 9.70. The number of nitrogens with zero attached hydrogens (tertiary/aromatic N) is 3. The maximum absolute atomic E-state index is 13.1. The van der Waals surface area contributed by atoms with Crippen LogP contribution in [-0.2, 0) is 0 Å². The summed E-state index contributed by atoms with van der Waals surface area (Å²) >= 11 is 1.10. The number of anilines is 1. The normalized spacial score (nSPS) is 10.4. The smallest absolute Gasteiger partial charge is 0.200 e. The van der Waals surface area contributed by atoms with Crippen molar-refractivity contribution in [2.45, 2.75) is 0 Å². The van der Waals surface area contributed by atoms with Gasteiger partial charge < -0.3 is 10.5 Å². The van der Waals surface area contributed by atoms with Gasteiger partial charge in [-0.2, -0.15) is 9.36 Å². The van der Waals surface area contributed by atoms with Crippen molar-refractivity contribution >= 4 is 16.7 Å². The molecule has 0 spiro atoms. The van der Waals surface area contributed by atoms with E-state index >= 15 is 0 Å². The summed E-state index contributed by atoms with van der Waals surface area (Å²) in [5.74, 6) is 1.02. The maximum atomic E-state index is 13.1. The van der Waals surface area contributed by atoms with E-state index in [-0.39, 0.29) is 5.82 Å². The molecule has 0 aliphatic carbocycles. The third-order valence-electron chi connectivity index (χ3n) is 2.43. The van der Waals surface area contributed by atoms with Crippen molar-refractivity contribution in [3.8, 4) is 23.0 Å². The molecular formula is C13H9FN4OS. The van der Waals surface area contributed by atoms with E-state index in [2.05, 4.69) is 14.3 Å². The summed E-state index contributed by atoms with van der Waals surface area (Å²) < 4.78 is 22.7. The van der Waals surface area contributed by atoms with Gasteiger partial charge in [-0.15, -0.1) is 0 Å². The number of nitrogen functional groups attached to an aromatic ring is 1. The lowest BCUT2D eigenvalue weighted by Crippen LogP contribution is -1.90. The number of rotatable bonds is 3. The summed E-state index contributed by atoms with van der Waals surface area (Å²) in [7, 11) is 0. The summed E-state index contributed by atoms with van der Waals surface area (Å²) in [5, 5.41) is 0.373. The monoisotopic (exact) mass is 288 g/mol. The zero-order chi connectivity index (χ0) is 13.9. The Hall–Kier alpha value is -2.54. The molecule has 20 heavy (non-hydrogen) atoms. The fourth-order valence-corrected chi connectivity index (χ4v) is 2.04. The van der Waals surface area contributed by atoms with Crippen LogP contribution in [0.1, 0.15) is 0 Å². The van der Waals surface area contributed by atoms with Crippen LogP contribution in [-0.4, -0.2) is 14.3 Å². The number of aromatic nitrogens is 3. The Balaban J connectivity index is 1.88. The second kappa shape index (κ2) is 5.22. The fourth-order valence-electron chi connectivity index (χ4n) is 1.60. The average molecular weight is 288 g/mol. The van der Waals surface area contributed by atoms with E-state index in [1.807, 2.05) is 0 Å². The van der Waals surface area contributed by atoms with Gasteiger partial charge in [0.05, 0.1) is 0 Å². The van der Waals surface area contributed by atoms with Gasteiger partial charge in [0.25, 0.3) is 0 Å². The van der Waals surface area contributed by atoms with Crippen LogP contribution < -0.4 is 10.5 Å². The number of halogens is 1. The highest BCUT2D eigenvalue weighted by Gasteiger charge is 2.08. The largest absolute Gasteiger partial charge is 0.457 e. The molecule has 3 aromatic rings. The van der Waals surface area contributed by atoms with E-state index in [4.69, 9.17) is 10.5 Å². The van der Waals surface area contributed by atoms with Crippen molar-refractivity contribution in [1.29, 1.82) is 0 Å². The summed E-state index contributed by atoms with van der Waals surface area (Å²) in [6, 6.07) is 9.25. The lowest BCUT2D eigenvalue weighted by atomic mass is 10.3. The standard InChI is InChI=1S/C13H9FN4OS/c14-8-2-1-3-9(6-8)19-10-4-5-16-11(7-10)12-17-13(15)20-18-12/h1-7H,(H2,15,17,18). The summed E-state index contributed by atoms with van der Waals surface area (Å²) in [6.07, 6.45) is 1.57. The molecule has 0 unspecified atom stereocenters. The molecular weight excluding hydrogens is 279 g/mol. The van der Waals surface area contributed by atoms with E-state index in [1.165, 1.54) is 12.1 Å². The van der Waals surface area contributed by atoms with Crippen molar-refractivity contribution in [3.05, 3.63) is 48.4 Å². The fraction of sp³-hybridized carbons (Fsp3) is 0. The first-order valence-electron chi connectivity index (χ1n) is 5.70. The Bertz CT molecular complexity index is 746. The molecule has 1 aromatic carbocycles. The number of hydrogen-bond acceptors (Lipinski definition) is 6. The van der Waals surface area contributed by atoms with Crippen LogP contribution in [0.3, 0.4) is 0 Å². The SMILES string of the molecule is Nc1nc(-c2cc(Oc3cccc(F)c3)ccn2)ns1. The van der Waals surface area contributed by atoms with Crippen molar-refractivity contribution in [3.63, 3.8) is 0 Å². The first kappa shape index (κ1) is 12.5. The number of benzene rings is 1. The van der Waals surface area contributed by atoms with Crippen molar-refractivity contribution in [1.82, 2.24) is 14.3 Å². The molecule has 3 rings (SSSR count). The number of hydrogen-bond donors (Lipinski definition) is 1.